The number of hydrogen-bond acceptors (Lipinski definition) is 3. The summed E-state index contributed by atoms with van der Waals surface area (Å²) in [5.41, 5.74) is 0.346. The highest BCUT2D eigenvalue weighted by molar-refractivity contribution is 4.82. The minimum Gasteiger partial charge on any atom is -0.378 e. The SMILES string of the molecule is CCCNC(CCN1CCC(OCC)CC1)C(C)(C)C. The van der Waals surface area contributed by atoms with Crippen LogP contribution >= 0.6 is 0 Å². The average molecular weight is 284 g/mol. The van der Waals surface area contributed by atoms with E-state index in [1.165, 1.54) is 45.3 Å². The van der Waals surface area contributed by atoms with Gasteiger partial charge in [0.2, 0.25) is 0 Å². The van der Waals surface area contributed by atoms with Crippen molar-refractivity contribution in [3.8, 4) is 0 Å². The van der Waals surface area contributed by atoms with E-state index in [1.807, 2.05) is 0 Å². The normalized spacial score (nSPS) is 20.2. The minimum absolute atomic E-state index is 0.346. The molecule has 3 heteroatoms. The van der Waals surface area contributed by atoms with Crippen molar-refractivity contribution in [1.29, 1.82) is 0 Å². The van der Waals surface area contributed by atoms with Gasteiger partial charge in [0, 0.05) is 25.7 Å². The third-order valence-electron chi connectivity index (χ3n) is 4.36. The third-order valence-corrected chi connectivity index (χ3v) is 4.36. The highest BCUT2D eigenvalue weighted by atomic mass is 16.5. The maximum Gasteiger partial charge on any atom is 0.0599 e. The standard InChI is InChI=1S/C17H36N2O/c1-6-11-18-16(17(3,4)5)10-14-19-12-8-15(9-13-19)20-7-2/h15-16,18H,6-14H2,1-5H3. The van der Waals surface area contributed by atoms with Gasteiger partial charge in [0.25, 0.3) is 0 Å². The molecule has 0 spiro atoms. The van der Waals surface area contributed by atoms with Crippen LogP contribution in [0.5, 0.6) is 0 Å². The quantitative estimate of drug-likeness (QED) is 0.740. The molecule has 1 fully saturated rings. The van der Waals surface area contributed by atoms with E-state index >= 15 is 0 Å². The summed E-state index contributed by atoms with van der Waals surface area (Å²) in [4.78, 5) is 2.61. The van der Waals surface area contributed by atoms with Gasteiger partial charge in [0.1, 0.15) is 0 Å². The average Bonchev–Trinajstić information content (AvgIpc) is 2.39. The molecule has 120 valence electrons. The number of piperidine rings is 1. The van der Waals surface area contributed by atoms with Crippen molar-refractivity contribution in [3.63, 3.8) is 0 Å². The first-order valence-electron chi connectivity index (χ1n) is 8.54. The fourth-order valence-corrected chi connectivity index (χ4v) is 3.01. The molecule has 0 aromatic heterocycles. The molecule has 0 saturated carbocycles. The molecule has 1 N–H and O–H groups in total. The summed E-state index contributed by atoms with van der Waals surface area (Å²) in [5, 5.41) is 3.73. The zero-order valence-corrected chi connectivity index (χ0v) is 14.4. The van der Waals surface area contributed by atoms with Crippen molar-refractivity contribution in [2.75, 3.05) is 32.8 Å². The van der Waals surface area contributed by atoms with Gasteiger partial charge in [-0.15, -0.1) is 0 Å². The molecule has 0 aliphatic carbocycles. The highest BCUT2D eigenvalue weighted by Crippen LogP contribution is 2.23. The van der Waals surface area contributed by atoms with E-state index in [0.29, 0.717) is 17.6 Å². The summed E-state index contributed by atoms with van der Waals surface area (Å²) < 4.78 is 5.73. The van der Waals surface area contributed by atoms with Crippen LogP contribution in [0.3, 0.4) is 0 Å². The lowest BCUT2D eigenvalue weighted by molar-refractivity contribution is 0.0127. The summed E-state index contributed by atoms with van der Waals surface area (Å²) in [6.45, 7) is 17.0. The van der Waals surface area contributed by atoms with Crippen molar-refractivity contribution in [1.82, 2.24) is 10.2 Å². The maximum absolute atomic E-state index is 5.73. The molecule has 1 heterocycles. The first-order chi connectivity index (χ1) is 9.47. The van der Waals surface area contributed by atoms with E-state index in [1.54, 1.807) is 0 Å². The number of nitrogens with zero attached hydrogens (tertiary/aromatic N) is 1. The Morgan fingerprint density at radius 2 is 1.85 bits per heavy atom. The van der Waals surface area contributed by atoms with Gasteiger partial charge in [0.05, 0.1) is 6.10 Å². The molecule has 1 atom stereocenters. The molecular formula is C17H36N2O. The van der Waals surface area contributed by atoms with Gasteiger partial charge in [-0.3, -0.25) is 0 Å². The highest BCUT2D eigenvalue weighted by Gasteiger charge is 2.25. The second-order valence-corrected chi connectivity index (χ2v) is 7.16. The summed E-state index contributed by atoms with van der Waals surface area (Å²) in [5.74, 6) is 0. The fraction of sp³-hybridized carbons (Fsp3) is 1.00. The van der Waals surface area contributed by atoms with Crippen LogP contribution in [-0.2, 0) is 4.74 Å². The Bertz CT molecular complexity index is 242. The van der Waals surface area contributed by atoms with Gasteiger partial charge < -0.3 is 15.0 Å². The minimum atomic E-state index is 0.346. The van der Waals surface area contributed by atoms with Crippen LogP contribution in [0.4, 0.5) is 0 Å². The predicted octanol–water partition coefficient (Wildman–Crippen LogP) is 3.29. The van der Waals surface area contributed by atoms with Gasteiger partial charge in [-0.25, -0.2) is 0 Å². The van der Waals surface area contributed by atoms with Crippen LogP contribution in [0.25, 0.3) is 0 Å². The summed E-state index contributed by atoms with van der Waals surface area (Å²) in [6, 6.07) is 0.618. The summed E-state index contributed by atoms with van der Waals surface area (Å²) in [7, 11) is 0. The van der Waals surface area contributed by atoms with Crippen LogP contribution in [0, 0.1) is 5.41 Å². The van der Waals surface area contributed by atoms with Crippen molar-refractivity contribution in [2.45, 2.75) is 72.4 Å². The van der Waals surface area contributed by atoms with Crippen molar-refractivity contribution < 1.29 is 4.74 Å². The second-order valence-electron chi connectivity index (χ2n) is 7.16. The first kappa shape index (κ1) is 17.9. The molecule has 1 aliphatic heterocycles. The molecule has 0 amide bonds. The molecule has 1 aliphatic rings. The van der Waals surface area contributed by atoms with E-state index in [0.717, 1.165) is 13.2 Å². The van der Waals surface area contributed by atoms with Gasteiger partial charge in [0.15, 0.2) is 0 Å². The van der Waals surface area contributed by atoms with Crippen LogP contribution in [0.1, 0.15) is 60.3 Å². The molecule has 0 aromatic rings. The molecule has 0 bridgehead atoms. The van der Waals surface area contributed by atoms with Gasteiger partial charge in [-0.2, -0.15) is 0 Å². The maximum atomic E-state index is 5.73. The van der Waals surface area contributed by atoms with Gasteiger partial charge in [-0.05, 0) is 51.1 Å². The monoisotopic (exact) mass is 284 g/mol. The van der Waals surface area contributed by atoms with E-state index in [-0.39, 0.29) is 0 Å². The molecular weight excluding hydrogens is 248 g/mol. The Morgan fingerprint density at radius 1 is 1.20 bits per heavy atom. The van der Waals surface area contributed by atoms with E-state index in [2.05, 4.69) is 44.8 Å². The zero-order chi connectivity index (χ0) is 15.0. The Morgan fingerprint density at radius 3 is 2.35 bits per heavy atom. The number of nitrogens with one attached hydrogen (secondary N) is 1. The van der Waals surface area contributed by atoms with Crippen molar-refractivity contribution in [2.24, 2.45) is 5.41 Å². The van der Waals surface area contributed by atoms with Crippen molar-refractivity contribution >= 4 is 0 Å². The Balaban J connectivity index is 2.30. The molecule has 0 aromatic carbocycles. The summed E-state index contributed by atoms with van der Waals surface area (Å²) in [6.07, 6.45) is 5.38. The van der Waals surface area contributed by atoms with E-state index in [4.69, 9.17) is 4.74 Å². The molecule has 1 unspecified atom stereocenters. The smallest absolute Gasteiger partial charge is 0.0599 e. The largest absolute Gasteiger partial charge is 0.378 e. The molecule has 0 radical (unpaired) electrons. The molecule has 20 heavy (non-hydrogen) atoms. The van der Waals surface area contributed by atoms with Crippen LogP contribution in [-0.4, -0.2) is 49.8 Å². The third kappa shape index (κ3) is 6.55. The predicted molar refractivity (Wildman–Crippen MR) is 87.2 cm³/mol. The lowest BCUT2D eigenvalue weighted by atomic mass is 9.84. The van der Waals surface area contributed by atoms with Gasteiger partial charge in [-0.1, -0.05) is 27.7 Å². The van der Waals surface area contributed by atoms with Gasteiger partial charge >= 0.3 is 0 Å². The number of likely N-dealkylation sites (tertiary alicyclic amines) is 1. The molecule has 1 rings (SSSR count). The number of rotatable bonds is 8. The lowest BCUT2D eigenvalue weighted by Crippen LogP contribution is -2.45. The Labute approximate surface area is 126 Å². The van der Waals surface area contributed by atoms with Crippen LogP contribution in [0.2, 0.25) is 0 Å². The topological polar surface area (TPSA) is 24.5 Å². The van der Waals surface area contributed by atoms with Crippen LogP contribution < -0.4 is 5.32 Å². The van der Waals surface area contributed by atoms with Crippen molar-refractivity contribution in [3.05, 3.63) is 0 Å². The Hall–Kier alpha value is -0.120. The van der Waals surface area contributed by atoms with E-state index < -0.39 is 0 Å². The van der Waals surface area contributed by atoms with E-state index in [9.17, 15) is 0 Å². The zero-order valence-electron chi connectivity index (χ0n) is 14.4. The molecule has 3 nitrogen and oxygen atoms in total. The number of ether oxygens (including phenoxy) is 1. The lowest BCUT2D eigenvalue weighted by Gasteiger charge is -2.36. The first-order valence-corrected chi connectivity index (χ1v) is 8.54. The van der Waals surface area contributed by atoms with Crippen LogP contribution in [0.15, 0.2) is 0 Å². The second kappa shape index (κ2) is 9.01. The Kier molecular flexibility index (Phi) is 8.08. The number of hydrogen-bond donors (Lipinski definition) is 1. The molecule has 1 saturated heterocycles. The fourth-order valence-electron chi connectivity index (χ4n) is 3.01. The summed E-state index contributed by atoms with van der Waals surface area (Å²) >= 11 is 0.